The van der Waals surface area contributed by atoms with Crippen LogP contribution in [0.3, 0.4) is 0 Å². The van der Waals surface area contributed by atoms with E-state index in [2.05, 4.69) is 24.3 Å². The molecular formula is C23H15NO4S. The number of carbonyl (C=O) groups excluding carboxylic acids is 2. The quantitative estimate of drug-likeness (QED) is 0.504. The van der Waals surface area contributed by atoms with Gasteiger partial charge in [0, 0.05) is 16.5 Å². The summed E-state index contributed by atoms with van der Waals surface area (Å²) in [5.74, 6) is -0.931. The van der Waals surface area contributed by atoms with E-state index in [0.29, 0.717) is 0 Å². The number of nitrogens with zero attached hydrogens (tertiary/aromatic N) is 1. The number of carboxylic acid groups (broad SMARTS) is 1. The average Bonchev–Trinajstić information content (AvgIpc) is 3.26. The van der Waals surface area contributed by atoms with E-state index in [1.807, 2.05) is 41.8 Å². The van der Waals surface area contributed by atoms with Crippen molar-refractivity contribution in [3.63, 3.8) is 0 Å². The van der Waals surface area contributed by atoms with Crippen molar-refractivity contribution < 1.29 is 19.5 Å². The highest BCUT2D eigenvalue weighted by atomic mass is 32.1. The number of rotatable bonds is 4. The minimum Gasteiger partial charge on any atom is -0.478 e. The van der Waals surface area contributed by atoms with Crippen molar-refractivity contribution >= 4 is 23.5 Å². The van der Waals surface area contributed by atoms with Gasteiger partial charge in [0.15, 0.2) is 0 Å². The Morgan fingerprint density at radius 3 is 2.14 bits per heavy atom. The lowest BCUT2D eigenvalue weighted by molar-refractivity contribution is -0.191. The molecule has 4 aromatic rings. The van der Waals surface area contributed by atoms with Gasteiger partial charge in [-0.3, -0.25) is 0 Å². The van der Waals surface area contributed by atoms with Crippen LogP contribution in [-0.2, 0) is 9.59 Å². The average molecular weight is 401 g/mol. The zero-order chi connectivity index (χ0) is 20.6. The number of benzene rings is 3. The third-order valence-corrected chi connectivity index (χ3v) is 5.02. The second-order valence-electron chi connectivity index (χ2n) is 5.95. The molecule has 0 unspecified atom stereocenters. The maximum Gasteiger partial charge on any atom is 0.373 e. The molecule has 0 aliphatic rings. The second kappa shape index (κ2) is 9.37. The predicted molar refractivity (Wildman–Crippen MR) is 110 cm³/mol. The topological polar surface area (TPSA) is 84.3 Å². The predicted octanol–water partition coefficient (Wildman–Crippen LogP) is 5.26. The number of hydrogen-bond acceptors (Lipinski definition) is 5. The fourth-order valence-corrected chi connectivity index (χ4v) is 3.64. The van der Waals surface area contributed by atoms with E-state index in [-0.39, 0.29) is 11.7 Å². The van der Waals surface area contributed by atoms with Crippen LogP contribution in [0.15, 0.2) is 84.2 Å². The van der Waals surface area contributed by atoms with Crippen LogP contribution < -0.4 is 0 Å². The molecular weight excluding hydrogens is 386 g/mol. The van der Waals surface area contributed by atoms with Crippen molar-refractivity contribution in [2.75, 3.05) is 0 Å². The fraction of sp³-hybridized carbons (Fsp3) is 0. The van der Waals surface area contributed by atoms with Gasteiger partial charge >= 0.3 is 12.1 Å². The molecule has 0 amide bonds. The Morgan fingerprint density at radius 2 is 1.41 bits per heavy atom. The molecule has 0 radical (unpaired) electrons. The SMILES string of the molecule is O=C(O)c1cccc(-c2nc(-c3cccc(-c4ccccc4)c3)cs2)c1.O=C=O. The standard InChI is InChI=1S/C22H15NO2S.CO2/c24-22(25)19-11-5-10-18(13-19)21-23-20(14-26-21)17-9-4-8-16(12-17)15-6-2-1-3-7-15;2-1-3/h1-14H,(H,24,25);. The van der Waals surface area contributed by atoms with Gasteiger partial charge in [0.2, 0.25) is 0 Å². The normalized spacial score (nSPS) is 9.79. The maximum absolute atomic E-state index is 11.2. The Hall–Kier alpha value is -3.86. The van der Waals surface area contributed by atoms with Crippen LogP contribution in [0.5, 0.6) is 0 Å². The highest BCUT2D eigenvalue weighted by molar-refractivity contribution is 7.13. The summed E-state index contributed by atoms with van der Waals surface area (Å²) in [5, 5.41) is 12.0. The molecule has 4 rings (SSSR count). The molecule has 0 aliphatic heterocycles. The van der Waals surface area contributed by atoms with Gasteiger partial charge in [-0.25, -0.2) is 9.78 Å². The molecule has 6 heteroatoms. The van der Waals surface area contributed by atoms with E-state index in [4.69, 9.17) is 19.7 Å². The van der Waals surface area contributed by atoms with Crippen LogP contribution >= 0.6 is 11.3 Å². The summed E-state index contributed by atoms with van der Waals surface area (Å²) in [6, 6.07) is 25.4. The van der Waals surface area contributed by atoms with Gasteiger partial charge in [0.25, 0.3) is 0 Å². The molecule has 0 atom stereocenters. The van der Waals surface area contributed by atoms with Crippen LogP contribution in [0.4, 0.5) is 0 Å². The highest BCUT2D eigenvalue weighted by Crippen LogP contribution is 2.31. The van der Waals surface area contributed by atoms with Gasteiger partial charge in [-0.2, -0.15) is 9.59 Å². The molecule has 0 aliphatic carbocycles. The summed E-state index contributed by atoms with van der Waals surface area (Å²) in [5.41, 5.74) is 5.34. The van der Waals surface area contributed by atoms with Gasteiger partial charge in [0.05, 0.1) is 11.3 Å². The zero-order valence-electron chi connectivity index (χ0n) is 15.1. The van der Waals surface area contributed by atoms with Crippen molar-refractivity contribution in [1.82, 2.24) is 4.98 Å². The summed E-state index contributed by atoms with van der Waals surface area (Å²) >= 11 is 1.52. The van der Waals surface area contributed by atoms with E-state index in [1.165, 1.54) is 16.9 Å². The zero-order valence-corrected chi connectivity index (χ0v) is 15.9. The highest BCUT2D eigenvalue weighted by Gasteiger charge is 2.10. The molecule has 1 aromatic heterocycles. The third kappa shape index (κ3) is 4.90. The van der Waals surface area contributed by atoms with Crippen LogP contribution in [0.2, 0.25) is 0 Å². The first-order valence-corrected chi connectivity index (χ1v) is 9.44. The van der Waals surface area contributed by atoms with E-state index >= 15 is 0 Å². The van der Waals surface area contributed by atoms with Gasteiger partial charge in [0.1, 0.15) is 5.01 Å². The molecule has 5 nitrogen and oxygen atoms in total. The van der Waals surface area contributed by atoms with Crippen molar-refractivity contribution in [3.05, 3.63) is 89.8 Å². The number of thiazole rings is 1. The molecule has 0 fully saturated rings. The molecule has 0 spiro atoms. The van der Waals surface area contributed by atoms with Crippen LogP contribution in [-0.4, -0.2) is 22.2 Å². The third-order valence-electron chi connectivity index (χ3n) is 4.13. The van der Waals surface area contributed by atoms with Gasteiger partial charge in [-0.15, -0.1) is 11.3 Å². The molecule has 0 bridgehead atoms. The Morgan fingerprint density at radius 1 is 0.793 bits per heavy atom. The van der Waals surface area contributed by atoms with Crippen molar-refractivity contribution in [2.24, 2.45) is 0 Å². The van der Waals surface area contributed by atoms with Gasteiger partial charge in [-0.1, -0.05) is 60.7 Å². The Kier molecular flexibility index (Phi) is 6.43. The monoisotopic (exact) mass is 401 g/mol. The lowest BCUT2D eigenvalue weighted by Crippen LogP contribution is -1.95. The summed E-state index contributed by atoms with van der Waals surface area (Å²) in [4.78, 5) is 32.1. The lowest BCUT2D eigenvalue weighted by Gasteiger charge is -2.04. The number of carboxylic acids is 1. The molecule has 0 saturated carbocycles. The Bertz CT molecular complexity index is 1160. The van der Waals surface area contributed by atoms with Gasteiger partial charge < -0.3 is 5.11 Å². The number of aromatic nitrogens is 1. The number of carbonyl (C=O) groups is 1. The Labute approximate surface area is 170 Å². The minimum absolute atomic E-state index is 0.250. The van der Waals surface area contributed by atoms with Crippen molar-refractivity contribution in [1.29, 1.82) is 0 Å². The van der Waals surface area contributed by atoms with Crippen LogP contribution in [0.1, 0.15) is 10.4 Å². The Balaban J connectivity index is 0.000000755. The first-order chi connectivity index (χ1) is 14.1. The second-order valence-corrected chi connectivity index (χ2v) is 6.81. The fourth-order valence-electron chi connectivity index (χ4n) is 2.81. The molecule has 29 heavy (non-hydrogen) atoms. The summed E-state index contributed by atoms with van der Waals surface area (Å²) in [7, 11) is 0. The minimum atomic E-state index is -0.931. The lowest BCUT2D eigenvalue weighted by atomic mass is 10.0. The molecule has 3 aromatic carbocycles. The van der Waals surface area contributed by atoms with E-state index in [1.54, 1.807) is 18.2 Å². The maximum atomic E-state index is 11.2. The number of hydrogen-bond donors (Lipinski definition) is 1. The van der Waals surface area contributed by atoms with Crippen LogP contribution in [0.25, 0.3) is 33.0 Å². The largest absolute Gasteiger partial charge is 0.478 e. The molecule has 142 valence electrons. The molecule has 0 saturated heterocycles. The summed E-state index contributed by atoms with van der Waals surface area (Å²) in [6.07, 6.45) is 0.250. The molecule has 1 N–H and O–H groups in total. The van der Waals surface area contributed by atoms with Gasteiger partial charge in [-0.05, 0) is 29.3 Å². The van der Waals surface area contributed by atoms with E-state index in [9.17, 15) is 4.79 Å². The van der Waals surface area contributed by atoms with E-state index < -0.39 is 5.97 Å². The summed E-state index contributed by atoms with van der Waals surface area (Å²) < 4.78 is 0. The number of aromatic carboxylic acids is 1. The summed E-state index contributed by atoms with van der Waals surface area (Å²) in [6.45, 7) is 0. The van der Waals surface area contributed by atoms with Crippen molar-refractivity contribution in [2.45, 2.75) is 0 Å². The van der Waals surface area contributed by atoms with Crippen LogP contribution in [0, 0.1) is 0 Å². The first-order valence-electron chi connectivity index (χ1n) is 8.57. The molecule has 1 heterocycles. The van der Waals surface area contributed by atoms with E-state index in [0.717, 1.165) is 27.4 Å². The van der Waals surface area contributed by atoms with Crippen molar-refractivity contribution in [3.8, 4) is 33.0 Å². The smallest absolute Gasteiger partial charge is 0.373 e. The first kappa shape index (κ1) is 19.9.